The molecule has 16 heavy (non-hydrogen) atoms. The van der Waals surface area contributed by atoms with Crippen molar-refractivity contribution in [3.63, 3.8) is 0 Å². The van der Waals surface area contributed by atoms with E-state index < -0.39 is 0 Å². The van der Waals surface area contributed by atoms with Crippen LogP contribution in [0.5, 0.6) is 0 Å². The summed E-state index contributed by atoms with van der Waals surface area (Å²) in [5, 5.41) is 2.71. The number of unbranched alkanes of at least 4 members (excludes halogenated alkanes) is 1. The highest BCUT2D eigenvalue weighted by molar-refractivity contribution is 7.48. The van der Waals surface area contributed by atoms with Crippen molar-refractivity contribution in [3.8, 4) is 0 Å². The lowest BCUT2D eigenvalue weighted by Crippen LogP contribution is -1.72. The summed E-state index contributed by atoms with van der Waals surface area (Å²) in [6.45, 7) is 10.2. The van der Waals surface area contributed by atoms with Crippen LogP contribution in [0.25, 0.3) is 0 Å². The second-order valence-corrected chi connectivity index (χ2v) is 4.81. The van der Waals surface area contributed by atoms with Gasteiger partial charge in [-0.15, -0.1) is 0 Å². The topological polar surface area (TPSA) is 0 Å². The summed E-state index contributed by atoms with van der Waals surface area (Å²) in [5.74, 6) is 0. The van der Waals surface area contributed by atoms with Gasteiger partial charge < -0.3 is 0 Å². The molecule has 0 N–H and O–H groups in total. The lowest BCUT2D eigenvalue weighted by Gasteiger charge is -2.03. The van der Waals surface area contributed by atoms with Crippen LogP contribution in [0.3, 0.4) is 0 Å². The Morgan fingerprint density at radius 3 is 2.44 bits per heavy atom. The van der Waals surface area contributed by atoms with Crippen LogP contribution in [-0.4, -0.2) is 0 Å². The summed E-state index contributed by atoms with van der Waals surface area (Å²) in [7, 11) is 0.719. The SMILES string of the molecule is C=C/C(=C\CCC)PC(/C=C\C=C/C)=C/C. The molecule has 1 heteroatoms. The van der Waals surface area contributed by atoms with Gasteiger partial charge in [-0.2, -0.15) is 0 Å². The molecule has 0 aliphatic heterocycles. The smallest absolute Gasteiger partial charge is 0.0269 e. The zero-order chi connectivity index (χ0) is 12.2. The average Bonchev–Trinajstić information content (AvgIpc) is 2.32. The van der Waals surface area contributed by atoms with Crippen molar-refractivity contribution in [3.05, 3.63) is 59.7 Å². The maximum atomic E-state index is 3.87. The molecule has 0 aromatic rings. The number of hydrogen-bond donors (Lipinski definition) is 0. The van der Waals surface area contributed by atoms with Crippen LogP contribution >= 0.6 is 8.58 Å². The molecule has 0 nitrogen and oxygen atoms in total. The van der Waals surface area contributed by atoms with Crippen molar-refractivity contribution >= 4 is 8.58 Å². The Kier molecular flexibility index (Phi) is 10.1. The van der Waals surface area contributed by atoms with Crippen molar-refractivity contribution in [2.45, 2.75) is 33.6 Å². The molecule has 0 bridgehead atoms. The van der Waals surface area contributed by atoms with Crippen molar-refractivity contribution < 1.29 is 0 Å². The highest BCUT2D eigenvalue weighted by Gasteiger charge is 1.94. The molecule has 0 fully saturated rings. The van der Waals surface area contributed by atoms with E-state index in [1.54, 1.807) is 0 Å². The maximum Gasteiger partial charge on any atom is -0.0269 e. The summed E-state index contributed by atoms with van der Waals surface area (Å²) in [6, 6.07) is 0. The first-order valence-corrected chi connectivity index (χ1v) is 6.83. The molecule has 1 unspecified atom stereocenters. The van der Waals surface area contributed by atoms with E-state index in [0.29, 0.717) is 0 Å². The molecule has 0 aromatic carbocycles. The molecule has 0 rings (SSSR count). The molecule has 0 heterocycles. The number of rotatable bonds is 7. The first-order chi connectivity index (χ1) is 7.78. The van der Waals surface area contributed by atoms with Crippen LogP contribution in [0.1, 0.15) is 33.6 Å². The summed E-state index contributed by atoms with van der Waals surface area (Å²) < 4.78 is 0. The minimum Gasteiger partial charge on any atom is -0.0984 e. The van der Waals surface area contributed by atoms with Crippen molar-refractivity contribution in [1.82, 2.24) is 0 Å². The predicted octanol–water partition coefficient (Wildman–Crippen LogP) is 5.57. The highest BCUT2D eigenvalue weighted by Crippen LogP contribution is 2.34. The Labute approximate surface area is 102 Å². The molecule has 0 aromatic heterocycles. The second kappa shape index (κ2) is 10.6. The van der Waals surface area contributed by atoms with Gasteiger partial charge in [0.2, 0.25) is 0 Å². The molecule has 1 atom stereocenters. The lowest BCUT2D eigenvalue weighted by atomic mass is 10.3. The van der Waals surface area contributed by atoms with Gasteiger partial charge in [0.1, 0.15) is 0 Å². The summed E-state index contributed by atoms with van der Waals surface area (Å²) in [4.78, 5) is 0. The first kappa shape index (κ1) is 15.1. The van der Waals surface area contributed by atoms with E-state index in [1.165, 1.54) is 17.0 Å². The summed E-state index contributed by atoms with van der Waals surface area (Å²) in [6.07, 6.45) is 17.1. The molecular formula is C15H23P. The van der Waals surface area contributed by atoms with Gasteiger partial charge in [-0.1, -0.05) is 71.0 Å². The van der Waals surface area contributed by atoms with E-state index in [1.807, 2.05) is 19.1 Å². The van der Waals surface area contributed by atoms with E-state index >= 15 is 0 Å². The fourth-order valence-corrected chi connectivity index (χ4v) is 2.14. The Bertz CT molecular complexity index is 303. The van der Waals surface area contributed by atoms with E-state index in [2.05, 4.69) is 50.8 Å². The minimum absolute atomic E-state index is 0.719. The molecule has 0 aliphatic carbocycles. The zero-order valence-corrected chi connectivity index (χ0v) is 11.7. The van der Waals surface area contributed by atoms with Gasteiger partial charge in [0, 0.05) is 0 Å². The highest BCUT2D eigenvalue weighted by atomic mass is 31.1. The fourth-order valence-electron chi connectivity index (χ4n) is 1.13. The third kappa shape index (κ3) is 7.43. The van der Waals surface area contributed by atoms with Crippen molar-refractivity contribution in [2.75, 3.05) is 0 Å². The minimum atomic E-state index is 0.719. The predicted molar refractivity (Wildman–Crippen MR) is 79.2 cm³/mol. The van der Waals surface area contributed by atoms with E-state index in [-0.39, 0.29) is 0 Å². The normalized spacial score (nSPS) is 14.7. The Morgan fingerprint density at radius 2 is 1.94 bits per heavy atom. The average molecular weight is 234 g/mol. The number of allylic oxidation sites excluding steroid dienone is 9. The van der Waals surface area contributed by atoms with Gasteiger partial charge in [-0.3, -0.25) is 0 Å². The first-order valence-electron chi connectivity index (χ1n) is 5.83. The molecule has 0 saturated carbocycles. The van der Waals surface area contributed by atoms with Crippen LogP contribution < -0.4 is 0 Å². The van der Waals surface area contributed by atoms with E-state index in [4.69, 9.17) is 0 Å². The zero-order valence-electron chi connectivity index (χ0n) is 10.7. The van der Waals surface area contributed by atoms with Crippen molar-refractivity contribution in [2.24, 2.45) is 0 Å². The van der Waals surface area contributed by atoms with Gasteiger partial charge in [-0.05, 0) is 30.9 Å². The monoisotopic (exact) mass is 234 g/mol. The maximum absolute atomic E-state index is 3.87. The van der Waals surface area contributed by atoms with Gasteiger partial charge in [0.25, 0.3) is 0 Å². The third-order valence-electron chi connectivity index (χ3n) is 2.05. The van der Waals surface area contributed by atoms with E-state index in [9.17, 15) is 0 Å². The van der Waals surface area contributed by atoms with Crippen LogP contribution in [0.2, 0.25) is 0 Å². The Balaban J connectivity index is 4.46. The molecule has 0 spiro atoms. The summed E-state index contributed by atoms with van der Waals surface area (Å²) in [5.41, 5.74) is 0. The quantitative estimate of drug-likeness (QED) is 0.399. The standard InChI is InChI=1S/C15H23P/c1-5-9-11-13-15(8-4)16-14(7-3)12-10-6-2/h5,7-9,11-13,16H,3,6,10H2,1-2,4H3/b9-5-,13-11-,14-12+,15-8+. The van der Waals surface area contributed by atoms with Crippen LogP contribution in [0.4, 0.5) is 0 Å². The molecular weight excluding hydrogens is 211 g/mol. The van der Waals surface area contributed by atoms with E-state index in [0.717, 1.165) is 15.0 Å². The molecule has 0 radical (unpaired) electrons. The molecule has 0 saturated heterocycles. The second-order valence-electron chi connectivity index (χ2n) is 3.41. The third-order valence-corrected chi connectivity index (χ3v) is 3.49. The Hall–Kier alpha value is -0.870. The van der Waals surface area contributed by atoms with Crippen molar-refractivity contribution in [1.29, 1.82) is 0 Å². The lowest BCUT2D eigenvalue weighted by molar-refractivity contribution is 0.957. The van der Waals surface area contributed by atoms with Crippen LogP contribution in [0.15, 0.2) is 59.7 Å². The van der Waals surface area contributed by atoms with Gasteiger partial charge >= 0.3 is 0 Å². The van der Waals surface area contributed by atoms with Crippen LogP contribution in [-0.2, 0) is 0 Å². The fraction of sp³-hybridized carbons (Fsp3) is 0.333. The van der Waals surface area contributed by atoms with Gasteiger partial charge in [0.05, 0.1) is 0 Å². The molecule has 0 aliphatic rings. The van der Waals surface area contributed by atoms with Crippen LogP contribution in [0, 0.1) is 0 Å². The van der Waals surface area contributed by atoms with Gasteiger partial charge in [0.15, 0.2) is 0 Å². The molecule has 88 valence electrons. The number of hydrogen-bond acceptors (Lipinski definition) is 0. The largest absolute Gasteiger partial charge is 0.0984 e. The molecule has 0 amide bonds. The Morgan fingerprint density at radius 1 is 1.19 bits per heavy atom. The van der Waals surface area contributed by atoms with Gasteiger partial charge in [-0.25, -0.2) is 0 Å². The summed E-state index contributed by atoms with van der Waals surface area (Å²) >= 11 is 0.